The Balaban J connectivity index is -0.00000000793. The Hall–Kier alpha value is -0.820. The normalized spacial score (nSPS) is 4.94. The Morgan fingerprint density at radius 2 is 0.441 bits per heavy atom. The zero-order chi connectivity index (χ0) is 17.9. The second-order valence-electron chi connectivity index (χ2n) is 4.64. The predicted molar refractivity (Wildman–Crippen MR) is 187 cm³/mol. The van der Waals surface area contributed by atoms with Gasteiger partial charge in [-0.25, -0.2) is 0 Å². The molecular formula is C33H92O. The van der Waals surface area contributed by atoms with Gasteiger partial charge >= 0.3 is 0 Å². The van der Waals surface area contributed by atoms with Crippen LogP contribution in [0.3, 0.4) is 0 Å². The maximum Gasteiger partial charge on any atom is 0.0437 e. The summed E-state index contributed by atoms with van der Waals surface area (Å²) in [5.41, 5.74) is 0. The van der Waals surface area contributed by atoms with E-state index in [1.54, 1.807) is 0 Å². The quantitative estimate of drug-likeness (QED) is 0.396. The van der Waals surface area contributed by atoms with Crippen LogP contribution in [0, 0.1) is 0 Å². The summed E-state index contributed by atoms with van der Waals surface area (Å²) >= 11 is 0. The van der Waals surface area contributed by atoms with Crippen molar-refractivity contribution < 1.29 is 4.74 Å². The molecule has 0 heterocycles. The van der Waals surface area contributed by atoms with Crippen molar-refractivity contribution in [2.24, 2.45) is 0 Å². The van der Waals surface area contributed by atoms with Crippen molar-refractivity contribution in [1.29, 1.82) is 0 Å². The van der Waals surface area contributed by atoms with Gasteiger partial charge in [0.1, 0.15) is 0 Å². The largest absolute Gasteiger partial charge is 0.382 e. The lowest BCUT2D eigenvalue weighted by atomic mass is 10.4. The van der Waals surface area contributed by atoms with Crippen molar-refractivity contribution in [2.75, 3.05) is 13.2 Å². The van der Waals surface area contributed by atoms with Crippen LogP contribution in [0.2, 0.25) is 0 Å². The van der Waals surface area contributed by atoms with Gasteiger partial charge in [0.05, 0.1) is 0 Å². The lowest BCUT2D eigenvalue weighted by molar-refractivity contribution is 0.162. The topological polar surface area (TPSA) is 9.23 Å². The van der Waals surface area contributed by atoms with E-state index in [2.05, 4.69) is 41.5 Å². The van der Waals surface area contributed by atoms with E-state index in [1.165, 1.54) is 32.1 Å². The van der Waals surface area contributed by atoms with Gasteiger partial charge in [0, 0.05) is 13.2 Å². The SMILES string of the molecule is C.C.C.C.C.C.C.C.C.C.C.C.CCC.CCCC.CCCC.CCOCC.c1ccccc1. The van der Waals surface area contributed by atoms with Crippen LogP contribution in [0.25, 0.3) is 0 Å². The third-order valence-corrected chi connectivity index (χ3v) is 2.07. The van der Waals surface area contributed by atoms with Gasteiger partial charge in [-0.2, -0.15) is 0 Å². The first-order chi connectivity index (χ1) is 10.7. The summed E-state index contributed by atoms with van der Waals surface area (Å²) < 4.78 is 4.83. The van der Waals surface area contributed by atoms with E-state index in [0.717, 1.165) is 13.2 Å². The maximum absolute atomic E-state index is 4.83. The van der Waals surface area contributed by atoms with E-state index >= 15 is 0 Å². The van der Waals surface area contributed by atoms with E-state index < -0.39 is 0 Å². The highest BCUT2D eigenvalue weighted by molar-refractivity contribution is 4.99. The summed E-state index contributed by atoms with van der Waals surface area (Å²) in [4.78, 5) is 0. The summed E-state index contributed by atoms with van der Waals surface area (Å²) in [6, 6.07) is 12.0. The summed E-state index contributed by atoms with van der Waals surface area (Å²) in [7, 11) is 0. The van der Waals surface area contributed by atoms with Crippen LogP contribution in [0.15, 0.2) is 36.4 Å². The molecule has 0 unspecified atom stereocenters. The first-order valence-electron chi connectivity index (χ1n) is 9.23. The summed E-state index contributed by atoms with van der Waals surface area (Å²) in [6.45, 7) is 18.6. The van der Waals surface area contributed by atoms with Gasteiger partial charge in [0.2, 0.25) is 0 Å². The van der Waals surface area contributed by atoms with E-state index in [0.29, 0.717) is 0 Å². The molecule has 0 aliphatic heterocycles. The van der Waals surface area contributed by atoms with Gasteiger partial charge in [-0.1, -0.05) is 199 Å². The molecule has 0 amide bonds. The highest BCUT2D eigenvalue weighted by Crippen LogP contribution is 1.80. The molecule has 0 aliphatic rings. The van der Waals surface area contributed by atoms with Crippen molar-refractivity contribution >= 4 is 0 Å². The van der Waals surface area contributed by atoms with E-state index in [9.17, 15) is 0 Å². The number of benzene rings is 1. The summed E-state index contributed by atoms with van der Waals surface area (Å²) in [5, 5.41) is 0. The molecular weight excluding hydrogens is 412 g/mol. The molecule has 0 saturated heterocycles. The van der Waals surface area contributed by atoms with Gasteiger partial charge in [0.15, 0.2) is 0 Å². The number of unbranched alkanes of at least 4 members (excludes halogenated alkanes) is 2. The fraction of sp³-hybridized carbons (Fsp3) is 0.818. The molecule has 1 aromatic carbocycles. The predicted octanol–water partition coefficient (Wildman–Crippen LogP) is 15.4. The number of hydrogen-bond donors (Lipinski definition) is 0. The smallest absolute Gasteiger partial charge is 0.0437 e. The number of ether oxygens (including phenoxy) is 1. The molecule has 0 radical (unpaired) electrons. The van der Waals surface area contributed by atoms with Crippen molar-refractivity contribution in [3.63, 3.8) is 0 Å². The molecule has 0 aromatic heterocycles. The molecule has 0 aliphatic carbocycles. The Bertz CT molecular complexity index is 160. The fourth-order valence-corrected chi connectivity index (χ4v) is 0.589. The Labute approximate surface area is 230 Å². The zero-order valence-electron chi connectivity index (χ0n) is 16.8. The molecule has 0 saturated carbocycles. The lowest BCUT2D eigenvalue weighted by Gasteiger charge is -1.86. The second kappa shape index (κ2) is 180. The first kappa shape index (κ1) is 116. The van der Waals surface area contributed by atoms with E-state index in [4.69, 9.17) is 4.74 Å². The minimum Gasteiger partial charge on any atom is -0.382 e. The molecule has 34 heavy (non-hydrogen) atoms. The van der Waals surface area contributed by atoms with E-state index in [-0.39, 0.29) is 89.1 Å². The monoisotopic (exact) mass is 505 g/mol. The zero-order valence-corrected chi connectivity index (χ0v) is 16.8. The van der Waals surface area contributed by atoms with Crippen LogP contribution >= 0.6 is 0 Å². The van der Waals surface area contributed by atoms with Crippen molar-refractivity contribution in [2.45, 2.75) is 177 Å². The fourth-order valence-electron chi connectivity index (χ4n) is 0.589. The summed E-state index contributed by atoms with van der Waals surface area (Å²) in [5.74, 6) is 0. The molecule has 0 bridgehead atoms. The Kier molecular flexibility index (Phi) is 617. The highest BCUT2D eigenvalue weighted by atomic mass is 16.5. The average molecular weight is 505 g/mol. The van der Waals surface area contributed by atoms with Crippen LogP contribution in [0.5, 0.6) is 0 Å². The van der Waals surface area contributed by atoms with Gasteiger partial charge in [-0.05, 0) is 13.8 Å². The Morgan fingerprint density at radius 1 is 0.324 bits per heavy atom. The molecule has 1 heteroatoms. The van der Waals surface area contributed by atoms with Crippen LogP contribution in [0.4, 0.5) is 0 Å². The van der Waals surface area contributed by atoms with Crippen LogP contribution in [0.1, 0.15) is 177 Å². The first-order valence-corrected chi connectivity index (χ1v) is 9.23. The average Bonchev–Trinajstić information content (AvgIpc) is 2.59. The van der Waals surface area contributed by atoms with Crippen molar-refractivity contribution in [3.05, 3.63) is 36.4 Å². The molecule has 1 nitrogen and oxygen atoms in total. The van der Waals surface area contributed by atoms with Crippen molar-refractivity contribution in [1.82, 2.24) is 0 Å². The van der Waals surface area contributed by atoms with Crippen LogP contribution in [-0.4, -0.2) is 13.2 Å². The van der Waals surface area contributed by atoms with Crippen molar-refractivity contribution in [3.8, 4) is 0 Å². The summed E-state index contributed by atoms with van der Waals surface area (Å²) in [6.07, 6.45) is 6.53. The van der Waals surface area contributed by atoms with Crippen LogP contribution in [-0.2, 0) is 4.74 Å². The van der Waals surface area contributed by atoms with Gasteiger partial charge in [0.25, 0.3) is 0 Å². The standard InChI is InChI=1S/C6H6.C4H10O.2C4H10.C3H8.12CH4/c1-2-4-6-5-3-1;1-3-5-4-2;2*1-3-4-2;1-3-2;;;;;;;;;;;;/h1-6H;3-4H2,1-2H3;2*3-4H2,1-2H3;3H2,1-2H3;12*1H4. The lowest BCUT2D eigenvalue weighted by Crippen LogP contribution is -1.84. The molecule has 0 N–H and O–H groups in total. The van der Waals surface area contributed by atoms with Gasteiger partial charge < -0.3 is 4.74 Å². The molecule has 0 atom stereocenters. The Morgan fingerprint density at radius 3 is 0.471 bits per heavy atom. The number of rotatable bonds is 4. The maximum atomic E-state index is 4.83. The van der Waals surface area contributed by atoms with Gasteiger partial charge in [-0.15, -0.1) is 0 Å². The van der Waals surface area contributed by atoms with E-state index in [1.807, 2.05) is 50.2 Å². The molecule has 0 fully saturated rings. The van der Waals surface area contributed by atoms with Crippen LogP contribution < -0.4 is 0 Å². The minimum absolute atomic E-state index is 0. The molecule has 1 rings (SSSR count). The highest BCUT2D eigenvalue weighted by Gasteiger charge is 1.64. The second-order valence-corrected chi connectivity index (χ2v) is 4.64. The third-order valence-electron chi connectivity index (χ3n) is 2.07. The molecule has 1 aromatic rings. The van der Waals surface area contributed by atoms with Gasteiger partial charge in [-0.3, -0.25) is 0 Å². The molecule has 230 valence electrons. The molecule has 0 spiro atoms. The minimum atomic E-state index is 0. The third kappa shape index (κ3) is 337. The number of hydrogen-bond acceptors (Lipinski definition) is 1.